The number of rotatable bonds is 3. The molecule has 1 N–H and O–H groups in total. The van der Waals surface area contributed by atoms with E-state index in [1.807, 2.05) is 12.3 Å². The van der Waals surface area contributed by atoms with E-state index in [0.29, 0.717) is 18.4 Å². The fraction of sp³-hybridized carbons (Fsp3) is 0.560. The first kappa shape index (κ1) is 20.4. The zero-order chi connectivity index (χ0) is 21.8. The van der Waals surface area contributed by atoms with Crippen molar-refractivity contribution in [1.82, 2.24) is 4.98 Å². The lowest BCUT2D eigenvalue weighted by Gasteiger charge is -2.47. The van der Waals surface area contributed by atoms with Gasteiger partial charge in [0.15, 0.2) is 5.78 Å². The van der Waals surface area contributed by atoms with Crippen LogP contribution in [0.5, 0.6) is 0 Å². The van der Waals surface area contributed by atoms with Gasteiger partial charge in [-0.25, -0.2) is 0 Å². The predicted molar refractivity (Wildman–Crippen MR) is 113 cm³/mol. The number of aliphatic hydroxyl groups is 1. The molecule has 0 amide bonds. The Hall–Kier alpha value is -2.47. The van der Waals surface area contributed by atoms with Crippen LogP contribution in [-0.4, -0.2) is 40.7 Å². The number of hydrogen-bond donors (Lipinski definition) is 1. The summed E-state index contributed by atoms with van der Waals surface area (Å²) >= 11 is 0. The highest BCUT2D eigenvalue weighted by molar-refractivity contribution is 5.99. The molecule has 2 heterocycles. The molecule has 1 aromatic heterocycles. The standard InChI is InChI=1S/C25H29NO5/c1-14(28)30-22-11-19-24-16(10-18-20(29)8-15(13-27)9-21(18)31-24)5-6-25(19,2)23(22)17-4-3-7-26-12-17/h3-4,7,10,12,15,19,22-24,27H,5-6,8-9,11,13H2,1-2H3/t15?,19-,22?,23-,24+,25-/m0/s1. The minimum atomic E-state index is -0.268. The molecule has 4 aliphatic rings. The van der Waals surface area contributed by atoms with E-state index in [0.717, 1.165) is 30.6 Å². The van der Waals surface area contributed by atoms with Crippen LogP contribution >= 0.6 is 0 Å². The van der Waals surface area contributed by atoms with Crippen molar-refractivity contribution in [1.29, 1.82) is 0 Å². The van der Waals surface area contributed by atoms with E-state index in [-0.39, 0.29) is 53.7 Å². The van der Waals surface area contributed by atoms with Gasteiger partial charge in [0.2, 0.25) is 0 Å². The summed E-state index contributed by atoms with van der Waals surface area (Å²) in [6, 6.07) is 4.00. The van der Waals surface area contributed by atoms with E-state index >= 15 is 0 Å². The van der Waals surface area contributed by atoms with Gasteiger partial charge >= 0.3 is 5.97 Å². The second-order valence-corrected chi connectivity index (χ2v) is 9.73. The van der Waals surface area contributed by atoms with E-state index in [4.69, 9.17) is 9.47 Å². The highest BCUT2D eigenvalue weighted by atomic mass is 16.5. The van der Waals surface area contributed by atoms with Crippen molar-refractivity contribution >= 4 is 11.8 Å². The molecule has 0 saturated heterocycles. The first-order chi connectivity index (χ1) is 14.9. The summed E-state index contributed by atoms with van der Waals surface area (Å²) in [5, 5.41) is 9.60. The fourth-order valence-corrected chi connectivity index (χ4v) is 6.44. The van der Waals surface area contributed by atoms with Crippen molar-refractivity contribution in [3.05, 3.63) is 53.1 Å². The lowest BCUT2D eigenvalue weighted by molar-refractivity contribution is -0.147. The molecule has 2 saturated carbocycles. The molecule has 3 aliphatic carbocycles. The van der Waals surface area contributed by atoms with Crippen molar-refractivity contribution < 1.29 is 24.2 Å². The molecule has 2 unspecified atom stereocenters. The molecule has 1 aromatic rings. The van der Waals surface area contributed by atoms with Crippen LogP contribution in [0.25, 0.3) is 0 Å². The Morgan fingerprint density at radius 3 is 2.94 bits per heavy atom. The highest BCUT2D eigenvalue weighted by Crippen LogP contribution is 2.62. The topological polar surface area (TPSA) is 85.7 Å². The second-order valence-electron chi connectivity index (χ2n) is 9.73. The third-order valence-corrected chi connectivity index (χ3v) is 7.87. The summed E-state index contributed by atoms with van der Waals surface area (Å²) in [5.74, 6) is 0.667. The maximum Gasteiger partial charge on any atom is 0.302 e. The highest BCUT2D eigenvalue weighted by Gasteiger charge is 2.60. The summed E-state index contributed by atoms with van der Waals surface area (Å²) in [6.07, 6.45) is 8.84. The summed E-state index contributed by atoms with van der Waals surface area (Å²) in [6.45, 7) is 3.74. The fourth-order valence-electron chi connectivity index (χ4n) is 6.44. The Bertz CT molecular complexity index is 967. The molecular formula is C25H29NO5. The average molecular weight is 424 g/mol. The number of Topliss-reactive ketones (excluding diaryl/α,β-unsaturated/α-hetero) is 1. The second kappa shape index (κ2) is 7.59. The summed E-state index contributed by atoms with van der Waals surface area (Å²) in [7, 11) is 0. The van der Waals surface area contributed by atoms with Crippen LogP contribution in [0, 0.1) is 17.3 Å². The van der Waals surface area contributed by atoms with E-state index in [1.165, 1.54) is 12.5 Å². The summed E-state index contributed by atoms with van der Waals surface area (Å²) in [4.78, 5) is 28.9. The number of nitrogens with zero attached hydrogens (tertiary/aromatic N) is 1. The normalized spacial score (nSPS) is 36.7. The van der Waals surface area contributed by atoms with Crippen molar-refractivity contribution in [3.8, 4) is 0 Å². The Balaban J connectivity index is 1.50. The number of carbonyl (C=O) groups is 2. The molecule has 0 bridgehead atoms. The molecule has 1 aliphatic heterocycles. The maximum atomic E-state index is 12.6. The number of aromatic nitrogens is 1. The van der Waals surface area contributed by atoms with Gasteiger partial charge in [0, 0.05) is 50.6 Å². The molecule has 164 valence electrons. The number of ether oxygens (including phenoxy) is 2. The molecule has 0 spiro atoms. The molecule has 2 fully saturated rings. The van der Waals surface area contributed by atoms with Gasteiger partial charge in [-0.05, 0) is 53.9 Å². The van der Waals surface area contributed by atoms with Gasteiger partial charge in [-0.2, -0.15) is 0 Å². The largest absolute Gasteiger partial charge is 0.489 e. The molecular weight excluding hydrogens is 394 g/mol. The van der Waals surface area contributed by atoms with E-state index < -0.39 is 0 Å². The van der Waals surface area contributed by atoms with Gasteiger partial charge in [-0.3, -0.25) is 14.6 Å². The van der Waals surface area contributed by atoms with Crippen molar-refractivity contribution in [2.75, 3.05) is 6.61 Å². The quantitative estimate of drug-likeness (QED) is 0.750. The third-order valence-electron chi connectivity index (χ3n) is 7.87. The molecule has 5 rings (SSSR count). The molecule has 0 aromatic carbocycles. The van der Waals surface area contributed by atoms with Crippen LogP contribution < -0.4 is 0 Å². The lowest BCUT2D eigenvalue weighted by atomic mass is 9.61. The molecule has 0 radical (unpaired) electrons. The Morgan fingerprint density at radius 2 is 2.23 bits per heavy atom. The number of fused-ring (bicyclic) bond motifs is 3. The van der Waals surface area contributed by atoms with Crippen LogP contribution in [-0.2, 0) is 19.1 Å². The van der Waals surface area contributed by atoms with Crippen LogP contribution in [0.1, 0.15) is 57.4 Å². The number of hydrogen-bond acceptors (Lipinski definition) is 6. The number of ketones is 1. The Morgan fingerprint density at radius 1 is 1.39 bits per heavy atom. The SMILES string of the molecule is CC(=O)OC1C[C@H]2[C@@H]3OC4=C(C=C3CC[C@]2(C)[C@H]1c1cccnc1)C(=O)CC(CO)C4. The first-order valence-corrected chi connectivity index (χ1v) is 11.2. The van der Waals surface area contributed by atoms with E-state index in [2.05, 4.69) is 24.1 Å². The van der Waals surface area contributed by atoms with Crippen molar-refractivity contribution in [2.24, 2.45) is 17.3 Å². The third kappa shape index (κ3) is 3.32. The van der Waals surface area contributed by atoms with Gasteiger partial charge in [-0.15, -0.1) is 0 Å². The number of pyridine rings is 1. The van der Waals surface area contributed by atoms with E-state index in [1.54, 1.807) is 6.20 Å². The summed E-state index contributed by atoms with van der Waals surface area (Å²) < 4.78 is 12.4. The number of allylic oxidation sites excluding steroid dienone is 3. The van der Waals surface area contributed by atoms with Crippen LogP contribution in [0.2, 0.25) is 0 Å². The zero-order valence-corrected chi connectivity index (χ0v) is 18.0. The van der Waals surface area contributed by atoms with E-state index in [9.17, 15) is 14.7 Å². The van der Waals surface area contributed by atoms with Gasteiger partial charge in [0.05, 0.1) is 5.57 Å². The van der Waals surface area contributed by atoms with Gasteiger partial charge in [-0.1, -0.05) is 13.0 Å². The van der Waals surface area contributed by atoms with Gasteiger partial charge < -0.3 is 14.6 Å². The first-order valence-electron chi connectivity index (χ1n) is 11.2. The Kier molecular flexibility index (Phi) is 5.00. The van der Waals surface area contributed by atoms with Crippen LogP contribution in [0.4, 0.5) is 0 Å². The van der Waals surface area contributed by atoms with Crippen LogP contribution in [0.15, 0.2) is 47.5 Å². The summed E-state index contributed by atoms with van der Waals surface area (Å²) in [5.41, 5.74) is 2.84. The molecule has 31 heavy (non-hydrogen) atoms. The van der Waals surface area contributed by atoms with Gasteiger partial charge in [0.1, 0.15) is 18.0 Å². The Labute approximate surface area is 182 Å². The maximum absolute atomic E-state index is 12.6. The molecule has 6 nitrogen and oxygen atoms in total. The van der Waals surface area contributed by atoms with Crippen LogP contribution in [0.3, 0.4) is 0 Å². The minimum Gasteiger partial charge on any atom is -0.489 e. The monoisotopic (exact) mass is 423 g/mol. The number of aliphatic hydroxyl groups excluding tert-OH is 1. The van der Waals surface area contributed by atoms with Crippen molar-refractivity contribution in [2.45, 2.75) is 64.1 Å². The van der Waals surface area contributed by atoms with Gasteiger partial charge in [0.25, 0.3) is 0 Å². The number of esters is 1. The number of carbonyl (C=O) groups excluding carboxylic acids is 2. The minimum absolute atomic E-state index is 0.00807. The molecule has 6 atom stereocenters. The lowest BCUT2D eigenvalue weighted by Crippen LogP contribution is -2.44. The average Bonchev–Trinajstić information content (AvgIpc) is 3.04. The predicted octanol–water partition coefficient (Wildman–Crippen LogP) is 3.47. The smallest absolute Gasteiger partial charge is 0.302 e. The van der Waals surface area contributed by atoms with Crippen molar-refractivity contribution in [3.63, 3.8) is 0 Å². The zero-order valence-electron chi connectivity index (χ0n) is 18.0. The molecule has 6 heteroatoms.